The monoisotopic (exact) mass is 383 g/mol. The van der Waals surface area contributed by atoms with Crippen LogP contribution >= 0.6 is 22.9 Å². The number of halogens is 1. The highest BCUT2D eigenvalue weighted by Gasteiger charge is 2.10. The first-order valence-electron chi connectivity index (χ1n) is 7.66. The molecular formula is C19H14ClN3O2S. The van der Waals surface area contributed by atoms with Gasteiger partial charge in [0.25, 0.3) is 11.8 Å². The number of carbonyl (C=O) groups is 2. The van der Waals surface area contributed by atoms with E-state index in [1.165, 1.54) is 11.3 Å². The lowest BCUT2D eigenvalue weighted by Crippen LogP contribution is -2.17. The molecule has 0 spiro atoms. The van der Waals surface area contributed by atoms with Crippen LogP contribution in [-0.4, -0.2) is 18.0 Å². The quantitative estimate of drug-likeness (QED) is 0.505. The zero-order valence-corrected chi connectivity index (χ0v) is 15.1. The number of hydrogen-bond acceptors (Lipinski definition) is 4. The van der Waals surface area contributed by atoms with Crippen molar-refractivity contribution in [3.63, 3.8) is 0 Å². The Bertz CT molecular complexity index is 938. The van der Waals surface area contributed by atoms with Crippen LogP contribution in [0.5, 0.6) is 0 Å². The lowest BCUT2D eigenvalue weighted by Gasteiger charge is -2.07. The summed E-state index contributed by atoms with van der Waals surface area (Å²) in [6.07, 6.45) is 1.58. The third kappa shape index (κ3) is 4.56. The van der Waals surface area contributed by atoms with Crippen molar-refractivity contribution in [3.8, 4) is 0 Å². The molecule has 0 radical (unpaired) electrons. The van der Waals surface area contributed by atoms with Crippen LogP contribution < -0.4 is 10.7 Å². The molecule has 2 amide bonds. The van der Waals surface area contributed by atoms with E-state index in [2.05, 4.69) is 15.8 Å². The number of thiophene rings is 1. The van der Waals surface area contributed by atoms with Crippen molar-refractivity contribution in [2.24, 2.45) is 5.10 Å². The van der Waals surface area contributed by atoms with Crippen LogP contribution in [0.25, 0.3) is 0 Å². The van der Waals surface area contributed by atoms with Crippen LogP contribution in [0.15, 0.2) is 71.1 Å². The van der Waals surface area contributed by atoms with Gasteiger partial charge in [-0.05, 0) is 47.8 Å². The standard InChI is InChI=1S/C19H14ClN3O2S/c20-17-6-2-1-5-16(17)19(25)22-14-9-7-13(8-10-14)18(24)23-21-12-15-4-3-11-26-15/h1-12H,(H,22,25)(H,23,24)/b21-12-. The summed E-state index contributed by atoms with van der Waals surface area (Å²) in [7, 11) is 0. The Kier molecular flexibility index (Phi) is 5.78. The molecule has 1 aromatic heterocycles. The van der Waals surface area contributed by atoms with E-state index in [0.29, 0.717) is 21.8 Å². The first kappa shape index (κ1) is 17.8. The molecule has 0 saturated heterocycles. The van der Waals surface area contributed by atoms with Gasteiger partial charge in [-0.15, -0.1) is 11.3 Å². The molecule has 0 aliphatic heterocycles. The summed E-state index contributed by atoms with van der Waals surface area (Å²) in [6.45, 7) is 0. The van der Waals surface area contributed by atoms with E-state index in [1.54, 1.807) is 54.7 Å². The molecule has 3 aromatic rings. The number of rotatable bonds is 5. The van der Waals surface area contributed by atoms with E-state index in [0.717, 1.165) is 4.88 Å². The van der Waals surface area contributed by atoms with E-state index in [9.17, 15) is 9.59 Å². The predicted molar refractivity (Wildman–Crippen MR) is 105 cm³/mol. The fourth-order valence-corrected chi connectivity index (χ4v) is 2.94. The largest absolute Gasteiger partial charge is 0.322 e. The molecule has 0 fully saturated rings. The summed E-state index contributed by atoms with van der Waals surface area (Å²) in [5.41, 5.74) is 3.85. The third-order valence-electron chi connectivity index (χ3n) is 3.42. The zero-order chi connectivity index (χ0) is 18.4. The molecule has 130 valence electrons. The number of benzene rings is 2. The number of nitrogens with one attached hydrogen (secondary N) is 2. The number of hydrazone groups is 1. The molecule has 2 aromatic carbocycles. The molecule has 7 heteroatoms. The molecule has 0 bridgehead atoms. The normalized spacial score (nSPS) is 10.7. The predicted octanol–water partition coefficient (Wildman–Crippen LogP) is 4.42. The van der Waals surface area contributed by atoms with Crippen molar-refractivity contribution >= 4 is 46.7 Å². The van der Waals surface area contributed by atoms with Crippen LogP contribution in [-0.2, 0) is 0 Å². The van der Waals surface area contributed by atoms with Gasteiger partial charge in [-0.3, -0.25) is 9.59 Å². The van der Waals surface area contributed by atoms with Gasteiger partial charge in [0.2, 0.25) is 0 Å². The second kappa shape index (κ2) is 8.42. The van der Waals surface area contributed by atoms with Crippen molar-refractivity contribution in [2.75, 3.05) is 5.32 Å². The highest BCUT2D eigenvalue weighted by molar-refractivity contribution is 7.11. The van der Waals surface area contributed by atoms with Crippen LogP contribution in [0.3, 0.4) is 0 Å². The second-order valence-electron chi connectivity index (χ2n) is 5.23. The molecule has 0 unspecified atom stereocenters. The van der Waals surface area contributed by atoms with Gasteiger partial charge in [-0.25, -0.2) is 5.43 Å². The van der Waals surface area contributed by atoms with Crippen molar-refractivity contribution in [3.05, 3.63) is 87.1 Å². The summed E-state index contributed by atoms with van der Waals surface area (Å²) < 4.78 is 0. The number of amides is 2. The SMILES string of the molecule is O=C(N/N=C\c1cccs1)c1ccc(NC(=O)c2ccccc2Cl)cc1. The van der Waals surface area contributed by atoms with Gasteiger partial charge in [-0.2, -0.15) is 5.10 Å². The minimum Gasteiger partial charge on any atom is -0.322 e. The van der Waals surface area contributed by atoms with Gasteiger partial charge >= 0.3 is 0 Å². The molecule has 0 aliphatic carbocycles. The van der Waals surface area contributed by atoms with Gasteiger partial charge in [0.15, 0.2) is 0 Å². The zero-order valence-electron chi connectivity index (χ0n) is 13.5. The Morgan fingerprint density at radius 2 is 1.73 bits per heavy atom. The first-order chi connectivity index (χ1) is 12.6. The smallest absolute Gasteiger partial charge is 0.271 e. The van der Waals surface area contributed by atoms with Crippen LogP contribution in [0, 0.1) is 0 Å². The lowest BCUT2D eigenvalue weighted by atomic mass is 10.1. The van der Waals surface area contributed by atoms with Crippen LogP contribution in [0.4, 0.5) is 5.69 Å². The highest BCUT2D eigenvalue weighted by Crippen LogP contribution is 2.17. The number of carbonyl (C=O) groups excluding carboxylic acids is 2. The molecule has 3 rings (SSSR count). The molecule has 26 heavy (non-hydrogen) atoms. The molecule has 2 N–H and O–H groups in total. The van der Waals surface area contributed by atoms with Gasteiger partial charge in [0, 0.05) is 16.1 Å². The third-order valence-corrected chi connectivity index (χ3v) is 4.56. The molecular weight excluding hydrogens is 370 g/mol. The summed E-state index contributed by atoms with van der Waals surface area (Å²) in [4.78, 5) is 25.2. The number of hydrogen-bond donors (Lipinski definition) is 2. The summed E-state index contributed by atoms with van der Waals surface area (Å²) in [5, 5.41) is 8.96. The number of anilines is 1. The summed E-state index contributed by atoms with van der Waals surface area (Å²) in [6, 6.07) is 17.1. The number of nitrogens with zero attached hydrogens (tertiary/aromatic N) is 1. The molecule has 1 heterocycles. The van der Waals surface area contributed by atoms with Gasteiger partial charge < -0.3 is 5.32 Å². The molecule has 5 nitrogen and oxygen atoms in total. The summed E-state index contributed by atoms with van der Waals surface area (Å²) >= 11 is 7.54. The topological polar surface area (TPSA) is 70.6 Å². The second-order valence-corrected chi connectivity index (χ2v) is 6.61. The molecule has 0 aliphatic rings. The Hall–Kier alpha value is -2.96. The Morgan fingerprint density at radius 3 is 2.42 bits per heavy atom. The minimum atomic E-state index is -0.332. The first-order valence-corrected chi connectivity index (χ1v) is 8.92. The Labute approximate surface area is 159 Å². The average molecular weight is 384 g/mol. The van der Waals surface area contributed by atoms with Crippen molar-refractivity contribution in [2.45, 2.75) is 0 Å². The van der Waals surface area contributed by atoms with Gasteiger partial charge in [0.05, 0.1) is 16.8 Å². The van der Waals surface area contributed by atoms with E-state index in [1.807, 2.05) is 17.5 Å². The Morgan fingerprint density at radius 1 is 0.962 bits per heavy atom. The van der Waals surface area contributed by atoms with Crippen molar-refractivity contribution < 1.29 is 9.59 Å². The van der Waals surface area contributed by atoms with Gasteiger partial charge in [0.1, 0.15) is 0 Å². The molecule has 0 atom stereocenters. The highest BCUT2D eigenvalue weighted by atomic mass is 35.5. The maximum absolute atomic E-state index is 12.2. The minimum absolute atomic E-state index is 0.312. The Balaban J connectivity index is 1.60. The van der Waals surface area contributed by atoms with E-state index in [-0.39, 0.29) is 11.8 Å². The lowest BCUT2D eigenvalue weighted by molar-refractivity contribution is 0.0954. The molecule has 0 saturated carbocycles. The van der Waals surface area contributed by atoms with E-state index < -0.39 is 0 Å². The van der Waals surface area contributed by atoms with Crippen LogP contribution in [0.1, 0.15) is 25.6 Å². The maximum Gasteiger partial charge on any atom is 0.271 e. The summed E-state index contributed by atoms with van der Waals surface area (Å²) in [5.74, 6) is -0.643. The fraction of sp³-hybridized carbons (Fsp3) is 0. The average Bonchev–Trinajstić information content (AvgIpc) is 3.16. The maximum atomic E-state index is 12.2. The van der Waals surface area contributed by atoms with Crippen molar-refractivity contribution in [1.82, 2.24) is 5.43 Å². The fourth-order valence-electron chi connectivity index (χ4n) is 2.13. The van der Waals surface area contributed by atoms with E-state index >= 15 is 0 Å². The van der Waals surface area contributed by atoms with E-state index in [4.69, 9.17) is 11.6 Å². The van der Waals surface area contributed by atoms with Crippen LogP contribution in [0.2, 0.25) is 5.02 Å². The van der Waals surface area contributed by atoms with Crippen molar-refractivity contribution in [1.29, 1.82) is 0 Å². The van der Waals surface area contributed by atoms with Gasteiger partial charge in [-0.1, -0.05) is 29.8 Å².